The number of rotatable bonds is 68. The predicted molar refractivity (Wildman–Crippen MR) is 353 cm³/mol. The topological polar surface area (TPSA) is 78.9 Å². The standard InChI is InChI=1S/C75H140O6/c1-4-7-10-13-16-19-22-25-28-31-34-35-36-37-38-39-42-44-47-50-53-56-59-62-65-68-74(77)80-71-72(81-75(78)69-66-63-60-57-54-51-48-45-41-33-30-27-24-21-18-15-12-9-6-3)70-79-73(76)67-64-61-58-55-52-49-46-43-40-32-29-26-23-20-17-14-11-8-5-2/h22,25,27,30-31,34,72H,4-21,23-24,26,28-29,32-33,35-71H2,1-3H3/b25-22-,30-27-,34-31-. The van der Waals surface area contributed by atoms with Crippen LogP contribution in [-0.2, 0) is 28.6 Å². The van der Waals surface area contributed by atoms with Crippen molar-refractivity contribution in [2.24, 2.45) is 0 Å². The molecule has 0 fully saturated rings. The fourth-order valence-electron chi connectivity index (χ4n) is 11.1. The summed E-state index contributed by atoms with van der Waals surface area (Å²) in [4.78, 5) is 38.5. The summed E-state index contributed by atoms with van der Waals surface area (Å²) >= 11 is 0. The Morgan fingerprint density at radius 1 is 0.247 bits per heavy atom. The molecule has 6 heteroatoms. The maximum absolute atomic E-state index is 13.0. The number of allylic oxidation sites excluding steroid dienone is 6. The van der Waals surface area contributed by atoms with Crippen LogP contribution in [0.15, 0.2) is 36.5 Å². The van der Waals surface area contributed by atoms with Crippen LogP contribution in [0.1, 0.15) is 406 Å². The third kappa shape index (κ3) is 68.3. The fraction of sp³-hybridized carbons (Fsp3) is 0.880. The van der Waals surface area contributed by atoms with Crippen LogP contribution in [-0.4, -0.2) is 37.2 Å². The van der Waals surface area contributed by atoms with Gasteiger partial charge in [-0.15, -0.1) is 0 Å². The first-order valence-corrected chi connectivity index (χ1v) is 36.5. The lowest BCUT2D eigenvalue weighted by atomic mass is 10.0. The summed E-state index contributed by atoms with van der Waals surface area (Å²) in [6.45, 7) is 6.71. The van der Waals surface area contributed by atoms with Crippen molar-refractivity contribution in [1.29, 1.82) is 0 Å². The highest BCUT2D eigenvalue weighted by Gasteiger charge is 2.19. The molecule has 0 amide bonds. The highest BCUT2D eigenvalue weighted by molar-refractivity contribution is 5.71. The molecule has 0 aliphatic heterocycles. The van der Waals surface area contributed by atoms with Gasteiger partial charge in [0.25, 0.3) is 0 Å². The van der Waals surface area contributed by atoms with Gasteiger partial charge in [-0.1, -0.05) is 346 Å². The monoisotopic (exact) mass is 1140 g/mol. The van der Waals surface area contributed by atoms with Gasteiger partial charge in [-0.25, -0.2) is 0 Å². The molecule has 0 bridgehead atoms. The number of ether oxygens (including phenoxy) is 3. The number of hydrogen-bond acceptors (Lipinski definition) is 6. The van der Waals surface area contributed by atoms with Crippen LogP contribution in [0.4, 0.5) is 0 Å². The van der Waals surface area contributed by atoms with E-state index in [1.165, 1.54) is 302 Å². The zero-order valence-corrected chi connectivity index (χ0v) is 54.8. The zero-order valence-electron chi connectivity index (χ0n) is 54.8. The minimum atomic E-state index is -0.772. The third-order valence-corrected chi connectivity index (χ3v) is 16.6. The number of hydrogen-bond donors (Lipinski definition) is 0. The summed E-state index contributed by atoms with van der Waals surface area (Å²) in [5, 5.41) is 0. The third-order valence-electron chi connectivity index (χ3n) is 16.6. The van der Waals surface area contributed by atoms with E-state index in [-0.39, 0.29) is 31.1 Å². The summed E-state index contributed by atoms with van der Waals surface area (Å²) in [7, 11) is 0. The molecule has 0 aromatic carbocycles. The van der Waals surface area contributed by atoms with E-state index in [0.717, 1.165) is 64.2 Å². The molecular weight excluding hydrogens is 997 g/mol. The van der Waals surface area contributed by atoms with E-state index in [1.807, 2.05) is 0 Å². The maximum atomic E-state index is 13.0. The quantitative estimate of drug-likeness (QED) is 0.0261. The molecule has 0 aliphatic carbocycles. The molecule has 0 aliphatic rings. The van der Waals surface area contributed by atoms with E-state index in [1.54, 1.807) is 0 Å². The Morgan fingerprint density at radius 2 is 0.444 bits per heavy atom. The molecule has 0 N–H and O–H groups in total. The minimum absolute atomic E-state index is 0.0674. The van der Waals surface area contributed by atoms with Crippen molar-refractivity contribution in [3.8, 4) is 0 Å². The number of carbonyl (C=O) groups excluding carboxylic acids is 3. The summed E-state index contributed by atoms with van der Waals surface area (Å²) in [5.74, 6) is -0.838. The molecule has 0 radical (unpaired) electrons. The smallest absolute Gasteiger partial charge is 0.306 e. The predicted octanol–water partition coefficient (Wildman–Crippen LogP) is 25.1. The van der Waals surface area contributed by atoms with Crippen molar-refractivity contribution in [1.82, 2.24) is 0 Å². The van der Waals surface area contributed by atoms with E-state index in [4.69, 9.17) is 14.2 Å². The first-order valence-electron chi connectivity index (χ1n) is 36.5. The molecule has 0 aromatic rings. The molecule has 0 spiro atoms. The summed E-state index contributed by atoms with van der Waals surface area (Å²) in [6.07, 6.45) is 87.4. The number of unbranched alkanes of at least 4 members (excludes halogenated alkanes) is 51. The van der Waals surface area contributed by atoms with Gasteiger partial charge in [0, 0.05) is 19.3 Å². The second-order valence-corrected chi connectivity index (χ2v) is 24.9. The zero-order chi connectivity index (χ0) is 58.5. The molecule has 0 saturated heterocycles. The van der Waals surface area contributed by atoms with Gasteiger partial charge in [-0.3, -0.25) is 14.4 Å². The number of carbonyl (C=O) groups is 3. The normalized spacial score (nSPS) is 12.2. The van der Waals surface area contributed by atoms with Crippen molar-refractivity contribution in [3.05, 3.63) is 36.5 Å². The maximum Gasteiger partial charge on any atom is 0.306 e. The first-order chi connectivity index (χ1) is 40.0. The molecule has 81 heavy (non-hydrogen) atoms. The Kier molecular flexibility index (Phi) is 68.1. The number of esters is 3. The highest BCUT2D eigenvalue weighted by atomic mass is 16.6. The van der Waals surface area contributed by atoms with Crippen molar-refractivity contribution in [2.75, 3.05) is 13.2 Å². The lowest BCUT2D eigenvalue weighted by Gasteiger charge is -2.18. The second kappa shape index (κ2) is 70.1. The lowest BCUT2D eigenvalue weighted by molar-refractivity contribution is -0.167. The summed E-state index contributed by atoms with van der Waals surface area (Å²) in [5.41, 5.74) is 0. The summed E-state index contributed by atoms with van der Waals surface area (Å²) < 4.78 is 17.0. The van der Waals surface area contributed by atoms with Crippen molar-refractivity contribution in [3.63, 3.8) is 0 Å². The van der Waals surface area contributed by atoms with Crippen LogP contribution in [0.25, 0.3) is 0 Å². The molecule has 6 nitrogen and oxygen atoms in total. The summed E-state index contributed by atoms with van der Waals surface area (Å²) in [6, 6.07) is 0. The average Bonchev–Trinajstić information content (AvgIpc) is 3.47. The SMILES string of the molecule is CCCCCCC/C=C\C/C=C\CCCCCCCCCCCCCCCC(=O)OCC(COC(=O)CCCCCCCCCCCCCCCCCCCCC)OC(=O)CCCCCCCCCCC/C=C\CCCCCCCC. The first kappa shape index (κ1) is 78.6. The van der Waals surface area contributed by atoms with Gasteiger partial charge < -0.3 is 14.2 Å². The van der Waals surface area contributed by atoms with E-state index in [9.17, 15) is 14.4 Å². The fourth-order valence-corrected chi connectivity index (χ4v) is 11.1. The molecule has 1 unspecified atom stereocenters. The highest BCUT2D eigenvalue weighted by Crippen LogP contribution is 2.19. The van der Waals surface area contributed by atoms with Crippen molar-refractivity contribution < 1.29 is 28.6 Å². The van der Waals surface area contributed by atoms with E-state index in [0.29, 0.717) is 19.3 Å². The van der Waals surface area contributed by atoms with Gasteiger partial charge in [-0.05, 0) is 77.0 Å². The van der Waals surface area contributed by atoms with Gasteiger partial charge in [-0.2, -0.15) is 0 Å². The Labute approximate surface area is 506 Å². The molecular formula is C75H140O6. The minimum Gasteiger partial charge on any atom is -0.462 e. The Balaban J connectivity index is 4.29. The molecule has 0 heterocycles. The molecule has 0 aromatic heterocycles. The van der Waals surface area contributed by atoms with Crippen molar-refractivity contribution >= 4 is 17.9 Å². The lowest BCUT2D eigenvalue weighted by Crippen LogP contribution is -2.30. The van der Waals surface area contributed by atoms with Gasteiger partial charge in [0.1, 0.15) is 13.2 Å². The average molecular weight is 1140 g/mol. The largest absolute Gasteiger partial charge is 0.462 e. The van der Waals surface area contributed by atoms with Crippen LogP contribution in [0.2, 0.25) is 0 Å². The van der Waals surface area contributed by atoms with Crippen LogP contribution < -0.4 is 0 Å². The van der Waals surface area contributed by atoms with E-state index >= 15 is 0 Å². The van der Waals surface area contributed by atoms with Crippen LogP contribution in [0, 0.1) is 0 Å². The Hall–Kier alpha value is -2.37. The van der Waals surface area contributed by atoms with E-state index < -0.39 is 6.10 Å². The molecule has 1 atom stereocenters. The van der Waals surface area contributed by atoms with Crippen LogP contribution in [0.3, 0.4) is 0 Å². The molecule has 476 valence electrons. The van der Waals surface area contributed by atoms with Gasteiger partial charge in [0.2, 0.25) is 0 Å². The van der Waals surface area contributed by atoms with Crippen LogP contribution >= 0.6 is 0 Å². The van der Waals surface area contributed by atoms with Crippen LogP contribution in [0.5, 0.6) is 0 Å². The van der Waals surface area contributed by atoms with Crippen molar-refractivity contribution in [2.45, 2.75) is 412 Å². The Bertz CT molecular complexity index is 1350. The molecule has 0 rings (SSSR count). The van der Waals surface area contributed by atoms with Gasteiger partial charge >= 0.3 is 17.9 Å². The van der Waals surface area contributed by atoms with Gasteiger partial charge in [0.15, 0.2) is 6.10 Å². The second-order valence-electron chi connectivity index (χ2n) is 24.9. The van der Waals surface area contributed by atoms with E-state index in [2.05, 4.69) is 57.2 Å². The molecule has 0 saturated carbocycles. The van der Waals surface area contributed by atoms with Gasteiger partial charge in [0.05, 0.1) is 0 Å². The Morgan fingerprint density at radius 3 is 0.691 bits per heavy atom.